The number of pyridine rings is 2. The van der Waals surface area contributed by atoms with Crippen LogP contribution in [0.4, 0.5) is 5.69 Å². The Kier molecular flexibility index (Phi) is 5.07. The minimum atomic E-state index is 0.241. The van der Waals surface area contributed by atoms with Crippen molar-refractivity contribution in [2.24, 2.45) is 5.41 Å². The van der Waals surface area contributed by atoms with Crippen LogP contribution < -0.4 is 9.64 Å². The SMILES string of the molecule is COc1ccnc2ccc(N3CCC4(C=C(c5c(-c6ncccc6Cl)noc5C5CC5)C4)CC3)cc12. The monoisotopic (exact) mass is 498 g/mol. The first-order valence-electron chi connectivity index (χ1n) is 12.6. The zero-order chi connectivity index (χ0) is 24.3. The number of piperidine rings is 1. The number of halogens is 1. The van der Waals surface area contributed by atoms with Crippen LogP contribution in [0, 0.1) is 5.41 Å². The Labute approximate surface area is 214 Å². The van der Waals surface area contributed by atoms with E-state index in [0.29, 0.717) is 16.6 Å². The summed E-state index contributed by atoms with van der Waals surface area (Å²) in [5, 5.41) is 6.12. The summed E-state index contributed by atoms with van der Waals surface area (Å²) < 4.78 is 11.4. The third kappa shape index (κ3) is 3.58. The van der Waals surface area contributed by atoms with Gasteiger partial charge in [-0.1, -0.05) is 22.8 Å². The fourth-order valence-corrected chi connectivity index (χ4v) is 6.07. The lowest BCUT2D eigenvalue weighted by molar-refractivity contribution is 0.277. The van der Waals surface area contributed by atoms with Crippen molar-refractivity contribution in [3.63, 3.8) is 0 Å². The number of aromatic nitrogens is 3. The summed E-state index contributed by atoms with van der Waals surface area (Å²) in [5.74, 6) is 2.36. The van der Waals surface area contributed by atoms with Crippen LogP contribution in [0.5, 0.6) is 5.75 Å². The van der Waals surface area contributed by atoms with Crippen molar-refractivity contribution in [3.05, 3.63) is 71.2 Å². The van der Waals surface area contributed by atoms with Crippen molar-refractivity contribution in [3.8, 4) is 17.1 Å². The normalized spacial score (nSPS) is 18.8. The molecule has 3 aromatic heterocycles. The molecule has 4 heterocycles. The van der Waals surface area contributed by atoms with Crippen LogP contribution in [0.25, 0.3) is 27.9 Å². The van der Waals surface area contributed by atoms with Crippen LogP contribution in [-0.4, -0.2) is 35.3 Å². The summed E-state index contributed by atoms with van der Waals surface area (Å²) in [6.45, 7) is 2.05. The van der Waals surface area contributed by atoms with Gasteiger partial charge in [0.2, 0.25) is 0 Å². The highest BCUT2D eigenvalue weighted by molar-refractivity contribution is 6.33. The summed E-state index contributed by atoms with van der Waals surface area (Å²) in [6.07, 6.45) is 11.7. The maximum atomic E-state index is 6.49. The van der Waals surface area contributed by atoms with Gasteiger partial charge in [0.05, 0.1) is 23.2 Å². The maximum Gasteiger partial charge on any atom is 0.147 e. The Hall–Kier alpha value is -3.38. The Bertz CT molecular complexity index is 1500. The molecule has 0 bridgehead atoms. The van der Waals surface area contributed by atoms with Gasteiger partial charge in [-0.15, -0.1) is 0 Å². The second kappa shape index (κ2) is 8.34. The van der Waals surface area contributed by atoms with Crippen LogP contribution in [0.3, 0.4) is 0 Å². The van der Waals surface area contributed by atoms with Crippen LogP contribution in [0.15, 0.2) is 59.4 Å². The molecule has 2 aliphatic carbocycles. The second-order valence-electron chi connectivity index (χ2n) is 10.3. The molecule has 0 atom stereocenters. The third-order valence-electron chi connectivity index (χ3n) is 8.02. The molecular weight excluding hydrogens is 472 g/mol. The van der Waals surface area contributed by atoms with Gasteiger partial charge in [0.1, 0.15) is 22.9 Å². The molecule has 6 nitrogen and oxygen atoms in total. The zero-order valence-electron chi connectivity index (χ0n) is 20.2. The van der Waals surface area contributed by atoms with Crippen LogP contribution in [0.1, 0.15) is 49.3 Å². The molecule has 1 saturated carbocycles. The number of rotatable bonds is 5. The van der Waals surface area contributed by atoms with E-state index in [2.05, 4.69) is 44.3 Å². The highest BCUT2D eigenvalue weighted by Gasteiger charge is 2.44. The molecule has 0 radical (unpaired) electrons. The van der Waals surface area contributed by atoms with Crippen molar-refractivity contribution >= 4 is 33.8 Å². The molecule has 7 rings (SSSR count). The Morgan fingerprint density at radius 1 is 1.06 bits per heavy atom. The van der Waals surface area contributed by atoms with Gasteiger partial charge >= 0.3 is 0 Å². The Morgan fingerprint density at radius 3 is 2.64 bits per heavy atom. The summed E-state index contributed by atoms with van der Waals surface area (Å²) in [6, 6.07) is 12.1. The molecule has 1 spiro atoms. The van der Waals surface area contributed by atoms with Gasteiger partial charge in [-0.2, -0.15) is 0 Å². The van der Waals surface area contributed by atoms with Gasteiger partial charge in [0, 0.05) is 42.5 Å². The van der Waals surface area contributed by atoms with E-state index in [1.54, 1.807) is 19.5 Å². The molecule has 2 fully saturated rings. The van der Waals surface area contributed by atoms with Gasteiger partial charge in [0.25, 0.3) is 0 Å². The number of allylic oxidation sites excluding steroid dienone is 2. The summed E-state index contributed by atoms with van der Waals surface area (Å²) in [7, 11) is 1.71. The smallest absolute Gasteiger partial charge is 0.147 e. The highest BCUT2D eigenvalue weighted by atomic mass is 35.5. The molecule has 182 valence electrons. The molecule has 1 saturated heterocycles. The highest BCUT2D eigenvalue weighted by Crippen LogP contribution is 2.55. The van der Waals surface area contributed by atoms with Crippen LogP contribution in [-0.2, 0) is 0 Å². The minimum absolute atomic E-state index is 0.241. The van der Waals surface area contributed by atoms with Crippen LogP contribution >= 0.6 is 11.6 Å². The average molecular weight is 499 g/mol. The molecule has 7 heteroatoms. The first kappa shape index (κ1) is 21.9. The predicted molar refractivity (Wildman–Crippen MR) is 141 cm³/mol. The van der Waals surface area contributed by atoms with Crippen molar-refractivity contribution in [1.29, 1.82) is 0 Å². The number of hydrogen-bond acceptors (Lipinski definition) is 6. The van der Waals surface area contributed by atoms with E-state index >= 15 is 0 Å². The fraction of sp³-hybridized carbons (Fsp3) is 0.345. The molecule has 1 aromatic carbocycles. The summed E-state index contributed by atoms with van der Waals surface area (Å²) in [5.41, 5.74) is 6.41. The quantitative estimate of drug-likeness (QED) is 0.298. The number of anilines is 1. The average Bonchev–Trinajstić information content (AvgIpc) is 3.65. The van der Waals surface area contributed by atoms with E-state index in [0.717, 1.165) is 78.9 Å². The van der Waals surface area contributed by atoms with E-state index in [9.17, 15) is 0 Å². The molecule has 4 aromatic rings. The predicted octanol–water partition coefficient (Wildman–Crippen LogP) is 6.90. The van der Waals surface area contributed by atoms with E-state index in [-0.39, 0.29) is 5.41 Å². The van der Waals surface area contributed by atoms with E-state index < -0.39 is 0 Å². The molecule has 0 unspecified atom stereocenters. The molecule has 36 heavy (non-hydrogen) atoms. The Balaban J connectivity index is 1.14. The zero-order valence-corrected chi connectivity index (χ0v) is 21.0. The molecule has 0 N–H and O–H groups in total. The standard InChI is InChI=1S/C29H27ClN4O2/c1-35-24-8-12-31-23-7-6-20(15-21(23)24)34-13-9-29(10-14-34)16-19(17-29)25-27(26-22(30)3-2-11-32-26)33-36-28(25)18-4-5-18/h2-3,6-8,11-12,15-16,18H,4-5,9-10,13-14,17H2,1H3. The number of benzene rings is 1. The third-order valence-corrected chi connectivity index (χ3v) is 8.33. The van der Waals surface area contributed by atoms with Crippen molar-refractivity contribution < 1.29 is 9.26 Å². The second-order valence-corrected chi connectivity index (χ2v) is 10.7. The van der Waals surface area contributed by atoms with Gasteiger partial charge < -0.3 is 14.2 Å². The Morgan fingerprint density at radius 2 is 1.89 bits per heavy atom. The first-order valence-corrected chi connectivity index (χ1v) is 13.0. The number of hydrogen-bond donors (Lipinski definition) is 0. The molecule has 0 amide bonds. The fourth-order valence-electron chi connectivity index (χ4n) is 5.85. The van der Waals surface area contributed by atoms with Crippen molar-refractivity contribution in [2.45, 2.75) is 38.0 Å². The number of nitrogens with zero attached hydrogens (tertiary/aromatic N) is 4. The van der Waals surface area contributed by atoms with Gasteiger partial charge in [-0.3, -0.25) is 9.97 Å². The van der Waals surface area contributed by atoms with E-state index in [1.165, 1.54) is 11.3 Å². The number of ether oxygens (including phenoxy) is 1. The first-order chi connectivity index (χ1) is 17.6. The maximum absolute atomic E-state index is 6.49. The molecule has 1 aliphatic heterocycles. The number of fused-ring (bicyclic) bond motifs is 1. The van der Waals surface area contributed by atoms with Gasteiger partial charge in [-0.25, -0.2) is 0 Å². The van der Waals surface area contributed by atoms with Gasteiger partial charge in [-0.05, 0) is 79.5 Å². The van der Waals surface area contributed by atoms with E-state index in [4.69, 9.17) is 20.9 Å². The molecule has 3 aliphatic rings. The lowest BCUT2D eigenvalue weighted by Crippen LogP contribution is -2.42. The lowest BCUT2D eigenvalue weighted by Gasteiger charge is -2.47. The van der Waals surface area contributed by atoms with Crippen molar-refractivity contribution in [2.75, 3.05) is 25.1 Å². The molecular formula is C29H27ClN4O2. The topological polar surface area (TPSA) is 64.3 Å². The largest absolute Gasteiger partial charge is 0.496 e. The summed E-state index contributed by atoms with van der Waals surface area (Å²) >= 11 is 6.49. The van der Waals surface area contributed by atoms with Crippen LogP contribution in [0.2, 0.25) is 5.02 Å². The minimum Gasteiger partial charge on any atom is -0.496 e. The van der Waals surface area contributed by atoms with Crippen molar-refractivity contribution in [1.82, 2.24) is 15.1 Å². The van der Waals surface area contributed by atoms with E-state index in [1.807, 2.05) is 18.2 Å². The lowest BCUT2D eigenvalue weighted by atomic mass is 9.63. The summed E-state index contributed by atoms with van der Waals surface area (Å²) in [4.78, 5) is 11.5. The number of methoxy groups -OCH3 is 1. The van der Waals surface area contributed by atoms with Gasteiger partial charge in [0.15, 0.2) is 0 Å².